The van der Waals surface area contributed by atoms with Crippen molar-refractivity contribution in [3.63, 3.8) is 0 Å². The monoisotopic (exact) mass is 303 g/mol. The van der Waals surface area contributed by atoms with Gasteiger partial charge in [0, 0.05) is 6.04 Å². The SMILES string of the molecule is CC(C)[C@](C)(C#N)NC(=O)CN(C)[C@@H](C)c1cccc(O)c1. The van der Waals surface area contributed by atoms with Crippen molar-refractivity contribution in [1.29, 1.82) is 5.26 Å². The maximum atomic E-state index is 12.2. The van der Waals surface area contributed by atoms with Crippen LogP contribution in [-0.4, -0.2) is 35.0 Å². The molecule has 1 aromatic rings. The van der Waals surface area contributed by atoms with Gasteiger partial charge in [-0.25, -0.2) is 0 Å². The highest BCUT2D eigenvalue weighted by atomic mass is 16.3. The van der Waals surface area contributed by atoms with Gasteiger partial charge in [0.05, 0.1) is 12.6 Å². The predicted molar refractivity (Wildman–Crippen MR) is 86.2 cm³/mol. The van der Waals surface area contributed by atoms with Gasteiger partial charge in [-0.15, -0.1) is 0 Å². The molecule has 0 aliphatic carbocycles. The number of rotatable bonds is 6. The highest BCUT2D eigenvalue weighted by molar-refractivity contribution is 5.79. The number of amides is 1. The Hall–Kier alpha value is -2.06. The Bertz CT molecular complexity index is 565. The first-order valence-electron chi connectivity index (χ1n) is 7.41. The Balaban J connectivity index is 2.70. The molecule has 22 heavy (non-hydrogen) atoms. The minimum atomic E-state index is -0.869. The molecule has 0 aliphatic rings. The van der Waals surface area contributed by atoms with Gasteiger partial charge in [-0.2, -0.15) is 5.26 Å². The van der Waals surface area contributed by atoms with Crippen LogP contribution in [0.5, 0.6) is 5.75 Å². The summed E-state index contributed by atoms with van der Waals surface area (Å²) in [6.07, 6.45) is 0. The third kappa shape index (κ3) is 4.47. The van der Waals surface area contributed by atoms with Crippen LogP contribution >= 0.6 is 0 Å². The number of carbonyl (C=O) groups is 1. The van der Waals surface area contributed by atoms with E-state index in [2.05, 4.69) is 11.4 Å². The van der Waals surface area contributed by atoms with Gasteiger partial charge in [0.1, 0.15) is 11.3 Å². The van der Waals surface area contributed by atoms with Gasteiger partial charge in [-0.05, 0) is 44.5 Å². The van der Waals surface area contributed by atoms with Crippen LogP contribution in [0.1, 0.15) is 39.3 Å². The molecule has 0 saturated carbocycles. The smallest absolute Gasteiger partial charge is 0.235 e. The fourth-order valence-corrected chi connectivity index (χ4v) is 2.03. The topological polar surface area (TPSA) is 76.4 Å². The number of likely N-dealkylation sites (N-methyl/N-ethyl adjacent to an activating group) is 1. The zero-order chi connectivity index (χ0) is 16.9. The second-order valence-corrected chi connectivity index (χ2v) is 6.20. The number of nitriles is 1. The second-order valence-electron chi connectivity index (χ2n) is 6.20. The number of phenols is 1. The Morgan fingerprint density at radius 2 is 2.09 bits per heavy atom. The number of nitrogens with one attached hydrogen (secondary N) is 1. The van der Waals surface area contributed by atoms with Gasteiger partial charge in [0.15, 0.2) is 0 Å². The number of aromatic hydroxyl groups is 1. The summed E-state index contributed by atoms with van der Waals surface area (Å²) in [5.74, 6) is 0.0431. The van der Waals surface area contributed by atoms with Crippen LogP contribution in [0, 0.1) is 17.2 Å². The molecule has 0 bridgehead atoms. The Kier molecular flexibility index (Phi) is 5.95. The van der Waals surface area contributed by atoms with Gasteiger partial charge in [-0.3, -0.25) is 9.69 Å². The molecule has 0 fully saturated rings. The number of phenolic OH excluding ortho intramolecular Hbond substituents is 1. The van der Waals surface area contributed by atoms with E-state index in [1.165, 1.54) is 0 Å². The molecule has 0 heterocycles. The van der Waals surface area contributed by atoms with Crippen LogP contribution in [0.15, 0.2) is 24.3 Å². The van der Waals surface area contributed by atoms with Gasteiger partial charge >= 0.3 is 0 Å². The zero-order valence-electron chi connectivity index (χ0n) is 13.9. The van der Waals surface area contributed by atoms with Crippen molar-refractivity contribution in [1.82, 2.24) is 10.2 Å². The van der Waals surface area contributed by atoms with Gasteiger partial charge in [0.2, 0.25) is 5.91 Å². The molecule has 5 nitrogen and oxygen atoms in total. The maximum absolute atomic E-state index is 12.2. The molecule has 0 unspecified atom stereocenters. The summed E-state index contributed by atoms with van der Waals surface area (Å²) in [6, 6.07) is 9.13. The summed E-state index contributed by atoms with van der Waals surface area (Å²) in [5, 5.41) is 21.6. The molecule has 120 valence electrons. The summed E-state index contributed by atoms with van der Waals surface area (Å²) in [4.78, 5) is 14.1. The van der Waals surface area contributed by atoms with Crippen molar-refractivity contribution in [2.75, 3.05) is 13.6 Å². The quantitative estimate of drug-likeness (QED) is 0.846. The van der Waals surface area contributed by atoms with Crippen LogP contribution in [0.4, 0.5) is 0 Å². The average Bonchev–Trinajstić information content (AvgIpc) is 2.45. The van der Waals surface area contributed by atoms with Gasteiger partial charge in [0.25, 0.3) is 0 Å². The Morgan fingerprint density at radius 1 is 1.45 bits per heavy atom. The van der Waals surface area contributed by atoms with Gasteiger partial charge in [-0.1, -0.05) is 26.0 Å². The van der Waals surface area contributed by atoms with Crippen LogP contribution in [0.2, 0.25) is 0 Å². The fraction of sp³-hybridized carbons (Fsp3) is 0.529. The molecule has 0 aliphatic heterocycles. The van der Waals surface area contributed by atoms with E-state index >= 15 is 0 Å². The Labute approximate surface area is 132 Å². The number of carbonyl (C=O) groups excluding carboxylic acids is 1. The van der Waals surface area contributed by atoms with E-state index in [9.17, 15) is 15.2 Å². The third-order valence-corrected chi connectivity index (χ3v) is 4.19. The molecule has 0 saturated heterocycles. The third-order valence-electron chi connectivity index (χ3n) is 4.19. The standard InChI is InChI=1S/C17H25N3O2/c1-12(2)17(4,11-18)19-16(22)10-20(5)13(3)14-7-6-8-15(21)9-14/h6-9,12-13,21H,10H2,1-5H3,(H,19,22)/t13-,17-/m0/s1. The molecular weight excluding hydrogens is 278 g/mol. The number of benzene rings is 1. The van der Waals surface area contributed by atoms with Crippen LogP contribution in [0.25, 0.3) is 0 Å². The molecule has 1 aromatic carbocycles. The van der Waals surface area contributed by atoms with Crippen molar-refractivity contribution in [3.8, 4) is 11.8 Å². The van der Waals surface area contributed by atoms with Crippen molar-refractivity contribution < 1.29 is 9.90 Å². The summed E-state index contributed by atoms with van der Waals surface area (Å²) < 4.78 is 0. The normalized spacial score (nSPS) is 15.2. The first-order chi connectivity index (χ1) is 10.2. The molecular formula is C17H25N3O2. The van der Waals surface area contributed by atoms with E-state index in [0.29, 0.717) is 0 Å². The zero-order valence-corrected chi connectivity index (χ0v) is 13.9. The number of hydrogen-bond donors (Lipinski definition) is 2. The lowest BCUT2D eigenvalue weighted by molar-refractivity contribution is -0.124. The summed E-state index contributed by atoms with van der Waals surface area (Å²) >= 11 is 0. The van der Waals surface area contributed by atoms with Crippen molar-refractivity contribution in [2.24, 2.45) is 5.92 Å². The lowest BCUT2D eigenvalue weighted by Gasteiger charge is -2.30. The lowest BCUT2D eigenvalue weighted by atomic mass is 9.90. The minimum absolute atomic E-state index is 0.0229. The maximum Gasteiger partial charge on any atom is 0.235 e. The molecule has 0 radical (unpaired) electrons. The summed E-state index contributed by atoms with van der Waals surface area (Å²) in [6.45, 7) is 7.69. The molecule has 0 aromatic heterocycles. The first kappa shape index (κ1) is 18.0. The summed E-state index contributed by atoms with van der Waals surface area (Å²) in [7, 11) is 1.84. The number of nitrogens with zero attached hydrogens (tertiary/aromatic N) is 2. The lowest BCUT2D eigenvalue weighted by Crippen LogP contribution is -2.51. The van der Waals surface area contributed by atoms with Crippen LogP contribution in [0.3, 0.4) is 0 Å². The van der Waals surface area contributed by atoms with E-state index in [4.69, 9.17) is 0 Å². The van der Waals surface area contributed by atoms with E-state index in [1.54, 1.807) is 25.1 Å². The highest BCUT2D eigenvalue weighted by Gasteiger charge is 2.30. The largest absolute Gasteiger partial charge is 0.508 e. The first-order valence-corrected chi connectivity index (χ1v) is 7.41. The molecule has 0 spiro atoms. The average molecular weight is 303 g/mol. The molecule has 2 N–H and O–H groups in total. The van der Waals surface area contributed by atoms with Crippen molar-refractivity contribution in [2.45, 2.75) is 39.3 Å². The van der Waals surface area contributed by atoms with Crippen molar-refractivity contribution >= 4 is 5.91 Å². The molecule has 1 amide bonds. The highest BCUT2D eigenvalue weighted by Crippen LogP contribution is 2.22. The van der Waals surface area contributed by atoms with Crippen molar-refractivity contribution in [3.05, 3.63) is 29.8 Å². The van der Waals surface area contributed by atoms with Crippen LogP contribution in [-0.2, 0) is 4.79 Å². The molecule has 1 rings (SSSR count). The van der Waals surface area contributed by atoms with E-state index < -0.39 is 5.54 Å². The van der Waals surface area contributed by atoms with Crippen LogP contribution < -0.4 is 5.32 Å². The number of hydrogen-bond acceptors (Lipinski definition) is 4. The molecule has 2 atom stereocenters. The summed E-state index contributed by atoms with van der Waals surface area (Å²) in [5.41, 5.74) is 0.0637. The predicted octanol–water partition coefficient (Wildman–Crippen LogP) is 2.44. The van der Waals surface area contributed by atoms with E-state index in [-0.39, 0.29) is 30.2 Å². The second kappa shape index (κ2) is 7.28. The van der Waals surface area contributed by atoms with E-state index in [1.807, 2.05) is 38.8 Å². The Morgan fingerprint density at radius 3 is 2.59 bits per heavy atom. The minimum Gasteiger partial charge on any atom is -0.508 e. The van der Waals surface area contributed by atoms with Gasteiger partial charge < -0.3 is 10.4 Å². The fourth-order valence-electron chi connectivity index (χ4n) is 2.03. The van der Waals surface area contributed by atoms with E-state index in [0.717, 1.165) is 5.56 Å². The molecule has 5 heteroatoms.